The van der Waals surface area contributed by atoms with Gasteiger partial charge in [0.25, 0.3) is 0 Å². The third-order valence-corrected chi connectivity index (χ3v) is 4.62. The van der Waals surface area contributed by atoms with E-state index in [-0.39, 0.29) is 12.1 Å². The predicted molar refractivity (Wildman–Crippen MR) is 104 cm³/mol. The first-order valence-electron chi connectivity index (χ1n) is 9.20. The lowest BCUT2D eigenvalue weighted by Crippen LogP contribution is -2.34. The van der Waals surface area contributed by atoms with Crippen molar-refractivity contribution in [3.8, 4) is 5.75 Å². The Kier molecular flexibility index (Phi) is 5.20. The number of hydrogen-bond acceptors (Lipinski definition) is 4. The third-order valence-electron chi connectivity index (χ3n) is 4.62. The highest BCUT2D eigenvalue weighted by Gasteiger charge is 2.14. The first kappa shape index (κ1) is 17.4. The van der Waals surface area contributed by atoms with Crippen molar-refractivity contribution in [1.29, 1.82) is 0 Å². The van der Waals surface area contributed by atoms with E-state index < -0.39 is 0 Å². The molecule has 0 bridgehead atoms. The minimum absolute atomic E-state index is 0.245. The molecule has 1 saturated heterocycles. The molecule has 2 aromatic heterocycles. The van der Waals surface area contributed by atoms with Crippen LogP contribution < -0.4 is 20.7 Å². The topological polar surface area (TPSA) is 79.7 Å². The van der Waals surface area contributed by atoms with Crippen LogP contribution in [0.5, 0.6) is 5.75 Å². The molecule has 7 heteroatoms. The fourth-order valence-corrected chi connectivity index (χ4v) is 3.14. The Morgan fingerprint density at radius 2 is 2.00 bits per heavy atom. The predicted octanol–water partition coefficient (Wildman–Crippen LogP) is 2.79. The maximum absolute atomic E-state index is 12.1. The quantitative estimate of drug-likeness (QED) is 0.650. The van der Waals surface area contributed by atoms with Crippen molar-refractivity contribution in [3.63, 3.8) is 0 Å². The number of urea groups is 1. The summed E-state index contributed by atoms with van der Waals surface area (Å²) in [7, 11) is 0. The number of carbonyl (C=O) groups excluding carboxylic acids is 1. The molecule has 3 heterocycles. The number of piperidine rings is 1. The zero-order valence-corrected chi connectivity index (χ0v) is 15.0. The van der Waals surface area contributed by atoms with Gasteiger partial charge in [-0.05, 0) is 67.9 Å². The number of anilines is 1. The van der Waals surface area contributed by atoms with Crippen LogP contribution in [-0.4, -0.2) is 34.6 Å². The van der Waals surface area contributed by atoms with Gasteiger partial charge in [0.15, 0.2) is 0 Å². The Morgan fingerprint density at radius 3 is 2.81 bits per heavy atom. The van der Waals surface area contributed by atoms with E-state index in [2.05, 4.69) is 20.9 Å². The molecule has 140 valence electrons. The largest absolute Gasteiger partial charge is 0.490 e. The van der Waals surface area contributed by atoms with Crippen LogP contribution >= 0.6 is 0 Å². The van der Waals surface area contributed by atoms with Gasteiger partial charge in [-0.3, -0.25) is 0 Å². The number of hydrogen-bond donors (Lipinski definition) is 3. The zero-order valence-electron chi connectivity index (χ0n) is 15.0. The SMILES string of the molecule is O=C(NCc1ccn2ccnc2c1)Nc1ccc(OC2CCNCC2)cc1. The molecule has 1 aromatic carbocycles. The molecule has 1 aliphatic rings. The van der Waals surface area contributed by atoms with Gasteiger partial charge in [-0.1, -0.05) is 0 Å². The number of aromatic nitrogens is 2. The van der Waals surface area contributed by atoms with Crippen LogP contribution in [0.25, 0.3) is 5.65 Å². The van der Waals surface area contributed by atoms with Crippen molar-refractivity contribution in [2.24, 2.45) is 0 Å². The lowest BCUT2D eigenvalue weighted by molar-refractivity contribution is 0.162. The van der Waals surface area contributed by atoms with Crippen molar-refractivity contribution in [3.05, 3.63) is 60.6 Å². The maximum atomic E-state index is 12.1. The summed E-state index contributed by atoms with van der Waals surface area (Å²) in [5.74, 6) is 0.834. The summed E-state index contributed by atoms with van der Waals surface area (Å²) in [6, 6.07) is 11.2. The smallest absolute Gasteiger partial charge is 0.319 e. The van der Waals surface area contributed by atoms with Crippen LogP contribution in [0, 0.1) is 0 Å². The molecular formula is C20H23N5O2. The molecule has 3 N–H and O–H groups in total. The molecule has 27 heavy (non-hydrogen) atoms. The molecule has 3 aromatic rings. The fraction of sp³-hybridized carbons (Fsp3) is 0.300. The molecule has 1 aliphatic heterocycles. The van der Waals surface area contributed by atoms with E-state index in [1.54, 1.807) is 6.20 Å². The van der Waals surface area contributed by atoms with Gasteiger partial charge in [0.1, 0.15) is 17.5 Å². The van der Waals surface area contributed by atoms with E-state index in [1.807, 2.05) is 53.2 Å². The van der Waals surface area contributed by atoms with Crippen LogP contribution in [0.4, 0.5) is 10.5 Å². The summed E-state index contributed by atoms with van der Waals surface area (Å²) in [5.41, 5.74) is 2.59. The van der Waals surface area contributed by atoms with Crippen molar-refractivity contribution >= 4 is 17.4 Å². The normalized spacial score (nSPS) is 14.8. The van der Waals surface area contributed by atoms with E-state index >= 15 is 0 Å². The fourth-order valence-electron chi connectivity index (χ4n) is 3.14. The molecule has 0 unspecified atom stereocenters. The van der Waals surface area contributed by atoms with Gasteiger partial charge in [0.05, 0.1) is 0 Å². The molecule has 1 fully saturated rings. The average Bonchev–Trinajstić information content (AvgIpc) is 3.17. The van der Waals surface area contributed by atoms with Crippen LogP contribution in [0.2, 0.25) is 0 Å². The van der Waals surface area contributed by atoms with Crippen molar-refractivity contribution in [2.45, 2.75) is 25.5 Å². The van der Waals surface area contributed by atoms with E-state index in [0.717, 1.165) is 48.6 Å². The van der Waals surface area contributed by atoms with E-state index in [1.165, 1.54) is 0 Å². The highest BCUT2D eigenvalue weighted by molar-refractivity contribution is 5.89. The van der Waals surface area contributed by atoms with Gasteiger partial charge in [-0.15, -0.1) is 0 Å². The average molecular weight is 365 g/mol. The van der Waals surface area contributed by atoms with Gasteiger partial charge in [-0.2, -0.15) is 0 Å². The van der Waals surface area contributed by atoms with Gasteiger partial charge >= 0.3 is 6.03 Å². The molecule has 4 rings (SSSR count). The Bertz CT molecular complexity index is 900. The van der Waals surface area contributed by atoms with Gasteiger partial charge in [0.2, 0.25) is 0 Å². The third kappa shape index (κ3) is 4.57. The van der Waals surface area contributed by atoms with Gasteiger partial charge in [-0.25, -0.2) is 9.78 Å². The first-order chi connectivity index (χ1) is 13.3. The summed E-state index contributed by atoms with van der Waals surface area (Å²) < 4.78 is 7.90. The summed E-state index contributed by atoms with van der Waals surface area (Å²) in [6.07, 6.45) is 7.87. The highest BCUT2D eigenvalue weighted by Crippen LogP contribution is 2.19. The lowest BCUT2D eigenvalue weighted by atomic mass is 10.1. The molecule has 0 saturated carbocycles. The van der Waals surface area contributed by atoms with Crippen LogP contribution in [0.15, 0.2) is 55.0 Å². The number of nitrogens with one attached hydrogen (secondary N) is 3. The van der Waals surface area contributed by atoms with Crippen molar-refractivity contribution in [1.82, 2.24) is 20.0 Å². The number of nitrogens with zero attached hydrogens (tertiary/aromatic N) is 2. The first-order valence-corrected chi connectivity index (χ1v) is 9.20. The van der Waals surface area contributed by atoms with Crippen molar-refractivity contribution in [2.75, 3.05) is 18.4 Å². The van der Waals surface area contributed by atoms with Crippen LogP contribution in [0.3, 0.4) is 0 Å². The molecule has 0 aliphatic carbocycles. The maximum Gasteiger partial charge on any atom is 0.319 e. The monoisotopic (exact) mass is 365 g/mol. The minimum atomic E-state index is -0.245. The van der Waals surface area contributed by atoms with E-state index in [4.69, 9.17) is 4.74 Å². The van der Waals surface area contributed by atoms with Crippen LogP contribution in [-0.2, 0) is 6.54 Å². The molecule has 0 atom stereocenters. The molecule has 0 spiro atoms. The Hall–Kier alpha value is -3.06. The van der Waals surface area contributed by atoms with E-state index in [9.17, 15) is 4.79 Å². The number of ether oxygens (including phenoxy) is 1. The second-order valence-electron chi connectivity index (χ2n) is 6.63. The number of rotatable bonds is 5. The van der Waals surface area contributed by atoms with Gasteiger partial charge in [0, 0.05) is 30.8 Å². The number of imidazole rings is 1. The minimum Gasteiger partial charge on any atom is -0.490 e. The number of pyridine rings is 1. The van der Waals surface area contributed by atoms with E-state index in [0.29, 0.717) is 6.54 Å². The summed E-state index contributed by atoms with van der Waals surface area (Å²) >= 11 is 0. The van der Waals surface area contributed by atoms with Gasteiger partial charge < -0.3 is 25.1 Å². The molecule has 2 amide bonds. The highest BCUT2D eigenvalue weighted by atomic mass is 16.5. The number of amides is 2. The molecule has 7 nitrogen and oxygen atoms in total. The zero-order chi connectivity index (χ0) is 18.5. The van der Waals surface area contributed by atoms with Crippen molar-refractivity contribution < 1.29 is 9.53 Å². The molecular weight excluding hydrogens is 342 g/mol. The number of fused-ring (bicyclic) bond motifs is 1. The Morgan fingerprint density at radius 1 is 1.19 bits per heavy atom. The summed E-state index contributed by atoms with van der Waals surface area (Å²) in [5, 5.41) is 9.02. The molecule has 0 radical (unpaired) electrons. The second-order valence-corrected chi connectivity index (χ2v) is 6.63. The summed E-state index contributed by atoms with van der Waals surface area (Å²) in [4.78, 5) is 16.4. The number of benzene rings is 1. The second kappa shape index (κ2) is 8.09. The Labute approximate surface area is 157 Å². The summed E-state index contributed by atoms with van der Waals surface area (Å²) in [6.45, 7) is 2.43. The number of carbonyl (C=O) groups is 1. The standard InChI is InChI=1S/C20H23N5O2/c26-20(23-14-15-7-11-25-12-10-22-19(25)13-15)24-16-1-3-17(4-2-16)27-18-5-8-21-9-6-18/h1-4,7,10-13,18,21H,5-6,8-9,14H2,(H2,23,24,26). The van der Waals surface area contributed by atoms with Crippen LogP contribution in [0.1, 0.15) is 18.4 Å². The Balaban J connectivity index is 1.27. The lowest BCUT2D eigenvalue weighted by Gasteiger charge is -2.23.